The van der Waals surface area contributed by atoms with Gasteiger partial charge in [-0.25, -0.2) is 4.79 Å². The molecular formula is C12H14N2O5S. The monoisotopic (exact) mass is 298 g/mol. The molecule has 7 nitrogen and oxygen atoms in total. The van der Waals surface area contributed by atoms with E-state index in [-0.39, 0.29) is 10.9 Å². The van der Waals surface area contributed by atoms with Gasteiger partial charge in [0, 0.05) is 17.9 Å². The number of amides is 1. The Morgan fingerprint density at radius 3 is 2.75 bits per heavy atom. The SMILES string of the molecule is CCC1SCC(C(=O)O)N1C(=O)c1cc(O)[nH]c(=O)c1. The van der Waals surface area contributed by atoms with E-state index in [2.05, 4.69) is 4.98 Å². The highest BCUT2D eigenvalue weighted by Crippen LogP contribution is 2.32. The lowest BCUT2D eigenvalue weighted by Crippen LogP contribution is -2.45. The predicted octanol–water partition coefficient (Wildman–Crippen LogP) is 0.459. The van der Waals surface area contributed by atoms with Crippen molar-refractivity contribution in [3.8, 4) is 5.88 Å². The number of nitrogens with zero attached hydrogens (tertiary/aromatic N) is 1. The molecular weight excluding hydrogens is 284 g/mol. The van der Waals surface area contributed by atoms with Gasteiger partial charge in [0.15, 0.2) is 5.88 Å². The number of carboxylic acids is 1. The van der Waals surface area contributed by atoms with E-state index in [1.165, 1.54) is 16.7 Å². The van der Waals surface area contributed by atoms with Crippen LogP contribution in [0, 0.1) is 0 Å². The van der Waals surface area contributed by atoms with Crippen LogP contribution in [0.15, 0.2) is 16.9 Å². The molecule has 1 fully saturated rings. The number of carboxylic acid groups (broad SMARTS) is 1. The fourth-order valence-electron chi connectivity index (χ4n) is 2.14. The summed E-state index contributed by atoms with van der Waals surface area (Å²) < 4.78 is 0. The Labute approximate surface area is 118 Å². The molecule has 0 radical (unpaired) electrons. The first kappa shape index (κ1) is 14.4. The van der Waals surface area contributed by atoms with Crippen LogP contribution in [0.5, 0.6) is 5.88 Å². The van der Waals surface area contributed by atoms with Gasteiger partial charge in [-0.1, -0.05) is 6.92 Å². The minimum atomic E-state index is -1.07. The van der Waals surface area contributed by atoms with Crippen molar-refractivity contribution < 1.29 is 19.8 Å². The van der Waals surface area contributed by atoms with Crippen molar-refractivity contribution in [2.24, 2.45) is 0 Å². The number of carbonyl (C=O) groups is 2. The van der Waals surface area contributed by atoms with Gasteiger partial charge >= 0.3 is 5.97 Å². The number of nitrogens with one attached hydrogen (secondary N) is 1. The Morgan fingerprint density at radius 2 is 2.20 bits per heavy atom. The number of hydrogen-bond acceptors (Lipinski definition) is 5. The molecule has 1 amide bonds. The molecule has 0 aromatic carbocycles. The summed E-state index contributed by atoms with van der Waals surface area (Å²) in [5.74, 6) is -1.74. The molecule has 1 aromatic rings. The third-order valence-electron chi connectivity index (χ3n) is 3.04. The smallest absolute Gasteiger partial charge is 0.327 e. The number of pyridine rings is 1. The minimum Gasteiger partial charge on any atom is -0.494 e. The van der Waals surface area contributed by atoms with E-state index in [1.807, 2.05) is 6.92 Å². The Bertz CT molecular complexity index is 600. The average Bonchev–Trinajstić information content (AvgIpc) is 2.80. The first-order chi connectivity index (χ1) is 9.43. The highest BCUT2D eigenvalue weighted by molar-refractivity contribution is 8.00. The van der Waals surface area contributed by atoms with Gasteiger partial charge in [-0.2, -0.15) is 0 Å². The molecule has 0 saturated carbocycles. The highest BCUT2D eigenvalue weighted by Gasteiger charge is 2.41. The van der Waals surface area contributed by atoms with Gasteiger partial charge in [0.2, 0.25) is 0 Å². The van der Waals surface area contributed by atoms with Gasteiger partial charge in [0.25, 0.3) is 11.5 Å². The average molecular weight is 298 g/mol. The first-order valence-corrected chi connectivity index (χ1v) is 7.09. The zero-order chi connectivity index (χ0) is 14.9. The molecule has 108 valence electrons. The molecule has 0 bridgehead atoms. The molecule has 1 aromatic heterocycles. The lowest BCUT2D eigenvalue weighted by molar-refractivity contribution is -0.141. The number of rotatable bonds is 3. The zero-order valence-electron chi connectivity index (χ0n) is 10.7. The van der Waals surface area contributed by atoms with E-state index >= 15 is 0 Å². The second-order valence-corrected chi connectivity index (χ2v) is 5.59. The van der Waals surface area contributed by atoms with Crippen LogP contribution in [0.4, 0.5) is 0 Å². The fourth-order valence-corrected chi connectivity index (χ4v) is 3.49. The van der Waals surface area contributed by atoms with E-state index in [0.717, 1.165) is 12.1 Å². The van der Waals surface area contributed by atoms with Crippen molar-refractivity contribution in [2.45, 2.75) is 24.8 Å². The Kier molecular flexibility index (Phi) is 4.03. The normalized spacial score (nSPS) is 21.9. The Morgan fingerprint density at radius 1 is 1.50 bits per heavy atom. The molecule has 2 rings (SSSR count). The fraction of sp³-hybridized carbons (Fsp3) is 0.417. The largest absolute Gasteiger partial charge is 0.494 e. The molecule has 20 heavy (non-hydrogen) atoms. The quantitative estimate of drug-likeness (QED) is 0.747. The van der Waals surface area contributed by atoms with Crippen molar-refractivity contribution in [3.63, 3.8) is 0 Å². The summed E-state index contributed by atoms with van der Waals surface area (Å²) >= 11 is 1.39. The van der Waals surface area contributed by atoms with Crippen LogP contribution in [-0.4, -0.2) is 49.1 Å². The van der Waals surface area contributed by atoms with E-state index in [4.69, 9.17) is 0 Å². The lowest BCUT2D eigenvalue weighted by atomic mass is 10.2. The predicted molar refractivity (Wildman–Crippen MR) is 72.9 cm³/mol. The van der Waals surface area contributed by atoms with Crippen molar-refractivity contribution >= 4 is 23.6 Å². The molecule has 2 atom stereocenters. The van der Waals surface area contributed by atoms with E-state index in [0.29, 0.717) is 12.2 Å². The van der Waals surface area contributed by atoms with Crippen LogP contribution in [0.25, 0.3) is 0 Å². The van der Waals surface area contributed by atoms with Crippen LogP contribution >= 0.6 is 11.8 Å². The van der Waals surface area contributed by atoms with Gasteiger partial charge in [-0.15, -0.1) is 11.8 Å². The van der Waals surface area contributed by atoms with Gasteiger partial charge in [-0.3, -0.25) is 14.6 Å². The molecule has 8 heteroatoms. The zero-order valence-corrected chi connectivity index (χ0v) is 11.5. The van der Waals surface area contributed by atoms with Crippen LogP contribution in [-0.2, 0) is 4.79 Å². The molecule has 0 spiro atoms. The molecule has 3 N–H and O–H groups in total. The molecule has 1 saturated heterocycles. The number of aromatic nitrogens is 1. The third-order valence-corrected chi connectivity index (χ3v) is 4.49. The highest BCUT2D eigenvalue weighted by atomic mass is 32.2. The first-order valence-electron chi connectivity index (χ1n) is 6.04. The third kappa shape index (κ3) is 2.64. The molecule has 2 unspecified atom stereocenters. The molecule has 0 aliphatic carbocycles. The lowest BCUT2D eigenvalue weighted by Gasteiger charge is -2.26. The maximum Gasteiger partial charge on any atom is 0.327 e. The van der Waals surface area contributed by atoms with Crippen molar-refractivity contribution in [2.75, 3.05) is 5.75 Å². The summed E-state index contributed by atoms with van der Waals surface area (Å²) in [4.78, 5) is 38.3. The molecule has 2 heterocycles. The second kappa shape index (κ2) is 5.58. The number of hydrogen-bond donors (Lipinski definition) is 3. The van der Waals surface area contributed by atoms with Crippen molar-refractivity contribution in [3.05, 3.63) is 28.0 Å². The Balaban J connectivity index is 2.38. The van der Waals surface area contributed by atoms with Crippen LogP contribution in [0.3, 0.4) is 0 Å². The summed E-state index contributed by atoms with van der Waals surface area (Å²) in [6.07, 6.45) is 0.607. The van der Waals surface area contributed by atoms with E-state index in [9.17, 15) is 24.6 Å². The second-order valence-electron chi connectivity index (χ2n) is 4.38. The summed E-state index contributed by atoms with van der Waals surface area (Å²) in [6, 6.07) is 1.26. The molecule has 1 aliphatic heterocycles. The van der Waals surface area contributed by atoms with E-state index in [1.54, 1.807) is 0 Å². The number of thioether (sulfide) groups is 1. The van der Waals surface area contributed by atoms with E-state index < -0.39 is 29.4 Å². The maximum atomic E-state index is 12.4. The number of aromatic amines is 1. The number of carbonyl (C=O) groups excluding carboxylic acids is 1. The molecule has 1 aliphatic rings. The van der Waals surface area contributed by atoms with Crippen LogP contribution in [0.1, 0.15) is 23.7 Å². The van der Waals surface area contributed by atoms with Gasteiger partial charge in [0.1, 0.15) is 6.04 Å². The number of H-pyrrole nitrogens is 1. The van der Waals surface area contributed by atoms with Crippen molar-refractivity contribution in [1.82, 2.24) is 9.88 Å². The van der Waals surface area contributed by atoms with Crippen LogP contribution < -0.4 is 5.56 Å². The van der Waals surface area contributed by atoms with Crippen LogP contribution in [0.2, 0.25) is 0 Å². The summed E-state index contributed by atoms with van der Waals surface area (Å²) in [7, 11) is 0. The topological polar surface area (TPSA) is 111 Å². The van der Waals surface area contributed by atoms with Crippen molar-refractivity contribution in [1.29, 1.82) is 0 Å². The standard InChI is InChI=1S/C12H14N2O5S/c1-2-10-14(7(5-20-10)12(18)19)11(17)6-3-8(15)13-9(16)4-6/h3-4,7,10H,2,5H2,1H3,(H,18,19)(H2,13,15,16). The Hall–Kier alpha value is -1.96. The summed E-state index contributed by atoms with van der Waals surface area (Å²) in [5, 5.41) is 18.3. The minimum absolute atomic E-state index is 0.0153. The summed E-state index contributed by atoms with van der Waals surface area (Å²) in [6.45, 7) is 1.86. The number of aromatic hydroxyl groups is 1. The van der Waals surface area contributed by atoms with Gasteiger partial charge in [-0.05, 0) is 6.42 Å². The number of aliphatic carboxylic acids is 1. The van der Waals surface area contributed by atoms with Gasteiger partial charge in [0.05, 0.1) is 10.9 Å². The maximum absolute atomic E-state index is 12.4. The van der Waals surface area contributed by atoms with Gasteiger partial charge < -0.3 is 15.1 Å². The summed E-state index contributed by atoms with van der Waals surface area (Å²) in [5.41, 5.74) is -0.626.